The van der Waals surface area contributed by atoms with Crippen LogP contribution in [0.1, 0.15) is 0 Å². The number of hydrogen-bond acceptors (Lipinski definition) is 2. The minimum Gasteiger partial charge on any atom is -0.310 e. The van der Waals surface area contributed by atoms with E-state index in [0.717, 1.165) is 17.1 Å². The van der Waals surface area contributed by atoms with Gasteiger partial charge in [0.05, 0.1) is 5.69 Å². The fourth-order valence-electron chi connectivity index (χ4n) is 6.93. The maximum absolute atomic E-state index is 2.39. The summed E-state index contributed by atoms with van der Waals surface area (Å²) in [4.78, 5) is 2.39. The molecular weight excluding hydrogens is 599 g/mol. The van der Waals surface area contributed by atoms with E-state index in [0.29, 0.717) is 0 Å². The summed E-state index contributed by atoms with van der Waals surface area (Å²) in [6.45, 7) is 0. The Morgan fingerprint density at radius 2 is 0.896 bits per heavy atom. The molecular formula is C46H31NS. The normalized spacial score (nSPS) is 11.3. The summed E-state index contributed by atoms with van der Waals surface area (Å²) >= 11 is 1.86. The van der Waals surface area contributed by atoms with Crippen molar-refractivity contribution in [1.82, 2.24) is 0 Å². The zero-order chi connectivity index (χ0) is 31.9. The van der Waals surface area contributed by atoms with Gasteiger partial charge in [0.2, 0.25) is 0 Å². The molecule has 0 atom stereocenters. The van der Waals surface area contributed by atoms with Gasteiger partial charge in [-0.05, 0) is 81.1 Å². The van der Waals surface area contributed by atoms with E-state index in [1.54, 1.807) is 0 Å². The lowest BCUT2D eigenvalue weighted by molar-refractivity contribution is 1.28. The van der Waals surface area contributed by atoms with Crippen molar-refractivity contribution >= 4 is 59.3 Å². The minimum absolute atomic E-state index is 1.11. The highest BCUT2D eigenvalue weighted by molar-refractivity contribution is 7.25. The predicted octanol–water partition coefficient (Wildman–Crippen LogP) is 13.7. The molecule has 0 aliphatic heterocycles. The molecule has 0 fully saturated rings. The van der Waals surface area contributed by atoms with Crippen molar-refractivity contribution in [3.8, 4) is 33.4 Å². The van der Waals surface area contributed by atoms with Gasteiger partial charge in [-0.25, -0.2) is 0 Å². The number of rotatable bonds is 6. The van der Waals surface area contributed by atoms with Crippen LogP contribution < -0.4 is 4.90 Å². The van der Waals surface area contributed by atoms with Crippen LogP contribution in [-0.2, 0) is 0 Å². The Kier molecular flexibility index (Phi) is 7.07. The van der Waals surface area contributed by atoms with Crippen LogP contribution in [0.2, 0.25) is 0 Å². The molecule has 0 spiro atoms. The third-order valence-electron chi connectivity index (χ3n) is 9.29. The Balaban J connectivity index is 1.18. The standard InChI is InChI=1S/C46H31NS/c1-2-11-32(12-3-1)33-21-26-37(27-22-33)47(38-28-23-35(24-29-38)40-18-10-14-34-13-4-5-15-39(34)40)44-19-8-6-16-41(44)36-25-30-43-42-17-7-9-20-45(42)48-46(43)31-36/h1-31H. The summed E-state index contributed by atoms with van der Waals surface area (Å²) in [6.07, 6.45) is 0. The summed E-state index contributed by atoms with van der Waals surface area (Å²) in [6, 6.07) is 68.1. The van der Waals surface area contributed by atoms with Crippen LogP contribution in [0, 0.1) is 0 Å². The van der Waals surface area contributed by atoms with Crippen molar-refractivity contribution in [3.05, 3.63) is 188 Å². The first kappa shape index (κ1) is 28.3. The van der Waals surface area contributed by atoms with Gasteiger partial charge in [-0.15, -0.1) is 11.3 Å². The van der Waals surface area contributed by atoms with E-state index in [1.807, 2.05) is 11.3 Å². The first-order valence-electron chi connectivity index (χ1n) is 16.3. The molecule has 0 aliphatic rings. The van der Waals surface area contributed by atoms with Crippen LogP contribution in [-0.4, -0.2) is 0 Å². The lowest BCUT2D eigenvalue weighted by Crippen LogP contribution is -2.11. The van der Waals surface area contributed by atoms with Crippen LogP contribution in [0.3, 0.4) is 0 Å². The second kappa shape index (κ2) is 12.0. The first-order chi connectivity index (χ1) is 23.8. The summed E-state index contributed by atoms with van der Waals surface area (Å²) in [7, 11) is 0. The fourth-order valence-corrected chi connectivity index (χ4v) is 8.08. The largest absolute Gasteiger partial charge is 0.310 e. The minimum atomic E-state index is 1.11. The maximum atomic E-state index is 2.39. The number of hydrogen-bond donors (Lipinski definition) is 0. The lowest BCUT2D eigenvalue weighted by Gasteiger charge is -2.28. The lowest BCUT2D eigenvalue weighted by atomic mass is 9.97. The highest BCUT2D eigenvalue weighted by atomic mass is 32.1. The van der Waals surface area contributed by atoms with Gasteiger partial charge in [0.1, 0.15) is 0 Å². The zero-order valence-electron chi connectivity index (χ0n) is 26.3. The molecule has 226 valence electrons. The summed E-state index contributed by atoms with van der Waals surface area (Å²) < 4.78 is 2.63. The fraction of sp³-hybridized carbons (Fsp3) is 0. The van der Waals surface area contributed by atoms with Gasteiger partial charge < -0.3 is 4.90 Å². The van der Waals surface area contributed by atoms with Gasteiger partial charge in [0.15, 0.2) is 0 Å². The van der Waals surface area contributed by atoms with Crippen LogP contribution in [0.25, 0.3) is 64.3 Å². The summed E-state index contributed by atoms with van der Waals surface area (Å²) in [5.74, 6) is 0. The van der Waals surface area contributed by atoms with Crippen molar-refractivity contribution in [3.63, 3.8) is 0 Å². The molecule has 0 aliphatic carbocycles. The Bertz CT molecular complexity index is 2540. The summed E-state index contributed by atoms with van der Waals surface area (Å²) in [5.41, 5.74) is 10.6. The van der Waals surface area contributed by atoms with Crippen molar-refractivity contribution in [1.29, 1.82) is 0 Å². The van der Waals surface area contributed by atoms with Crippen LogP contribution in [0.4, 0.5) is 17.1 Å². The van der Waals surface area contributed by atoms with Gasteiger partial charge in [0, 0.05) is 37.1 Å². The van der Waals surface area contributed by atoms with E-state index in [1.165, 1.54) is 64.3 Å². The average molecular weight is 630 g/mol. The van der Waals surface area contributed by atoms with Gasteiger partial charge >= 0.3 is 0 Å². The van der Waals surface area contributed by atoms with E-state index in [9.17, 15) is 0 Å². The highest BCUT2D eigenvalue weighted by Gasteiger charge is 2.18. The quantitative estimate of drug-likeness (QED) is 0.177. The Morgan fingerprint density at radius 3 is 1.71 bits per heavy atom. The van der Waals surface area contributed by atoms with Gasteiger partial charge in [-0.3, -0.25) is 0 Å². The number of benzene rings is 8. The van der Waals surface area contributed by atoms with E-state index < -0.39 is 0 Å². The first-order valence-corrected chi connectivity index (χ1v) is 17.2. The Labute approximate surface area is 284 Å². The molecule has 2 heteroatoms. The van der Waals surface area contributed by atoms with Crippen molar-refractivity contribution in [2.24, 2.45) is 0 Å². The third kappa shape index (κ3) is 5.04. The van der Waals surface area contributed by atoms with Crippen LogP contribution >= 0.6 is 11.3 Å². The summed E-state index contributed by atoms with van der Waals surface area (Å²) in [5, 5.41) is 5.16. The number of anilines is 3. The second-order valence-electron chi connectivity index (χ2n) is 12.1. The molecule has 1 heterocycles. The monoisotopic (exact) mass is 629 g/mol. The van der Waals surface area contributed by atoms with Gasteiger partial charge in [-0.2, -0.15) is 0 Å². The molecule has 0 amide bonds. The zero-order valence-corrected chi connectivity index (χ0v) is 27.1. The van der Waals surface area contributed by atoms with Crippen LogP contribution in [0.5, 0.6) is 0 Å². The number of thiophene rings is 1. The molecule has 9 rings (SSSR count). The molecule has 0 saturated heterocycles. The van der Waals surface area contributed by atoms with Crippen molar-refractivity contribution in [2.45, 2.75) is 0 Å². The Morgan fingerprint density at radius 1 is 0.333 bits per heavy atom. The molecule has 0 unspecified atom stereocenters. The second-order valence-corrected chi connectivity index (χ2v) is 13.2. The number of para-hydroxylation sites is 1. The van der Waals surface area contributed by atoms with E-state index in [2.05, 4.69) is 193 Å². The molecule has 0 radical (unpaired) electrons. The number of fused-ring (bicyclic) bond motifs is 4. The molecule has 0 N–H and O–H groups in total. The maximum Gasteiger partial charge on any atom is 0.0540 e. The van der Waals surface area contributed by atoms with Crippen molar-refractivity contribution in [2.75, 3.05) is 4.90 Å². The Hall–Kier alpha value is -5.96. The van der Waals surface area contributed by atoms with Crippen LogP contribution in [0.15, 0.2) is 188 Å². The van der Waals surface area contributed by atoms with Crippen molar-refractivity contribution < 1.29 is 0 Å². The molecule has 0 bridgehead atoms. The molecule has 1 aromatic heterocycles. The molecule has 0 saturated carbocycles. The topological polar surface area (TPSA) is 3.24 Å². The molecule has 9 aromatic rings. The molecule has 1 nitrogen and oxygen atoms in total. The smallest absolute Gasteiger partial charge is 0.0540 e. The van der Waals surface area contributed by atoms with E-state index in [4.69, 9.17) is 0 Å². The predicted molar refractivity (Wildman–Crippen MR) is 208 cm³/mol. The van der Waals surface area contributed by atoms with E-state index in [-0.39, 0.29) is 0 Å². The number of nitrogens with zero attached hydrogens (tertiary/aromatic N) is 1. The highest BCUT2D eigenvalue weighted by Crippen LogP contribution is 2.44. The van der Waals surface area contributed by atoms with Gasteiger partial charge in [0.25, 0.3) is 0 Å². The average Bonchev–Trinajstić information content (AvgIpc) is 3.54. The SMILES string of the molecule is c1ccc(-c2ccc(N(c3ccc(-c4cccc5ccccc45)cc3)c3ccccc3-c3ccc4c(c3)sc3ccccc34)cc2)cc1. The van der Waals surface area contributed by atoms with E-state index >= 15 is 0 Å². The molecule has 8 aromatic carbocycles. The third-order valence-corrected chi connectivity index (χ3v) is 10.4. The van der Waals surface area contributed by atoms with Gasteiger partial charge in [-0.1, -0.05) is 146 Å². The molecule has 48 heavy (non-hydrogen) atoms.